The maximum atomic E-state index is 12.9. The fourth-order valence-electron chi connectivity index (χ4n) is 3.88. The summed E-state index contributed by atoms with van der Waals surface area (Å²) >= 11 is 0. The van der Waals surface area contributed by atoms with Crippen LogP contribution in [-0.2, 0) is 0 Å². The van der Waals surface area contributed by atoms with Gasteiger partial charge in [0.25, 0.3) is 5.91 Å². The molecule has 1 aromatic carbocycles. The van der Waals surface area contributed by atoms with E-state index < -0.39 is 0 Å². The first kappa shape index (κ1) is 14.2. The summed E-state index contributed by atoms with van der Waals surface area (Å²) in [4.78, 5) is 15.0. The highest BCUT2D eigenvalue weighted by Crippen LogP contribution is 2.36. The minimum atomic E-state index is 0.0722. The van der Waals surface area contributed by atoms with Crippen LogP contribution in [0.2, 0.25) is 0 Å². The lowest BCUT2D eigenvalue weighted by molar-refractivity contribution is 0.0391. The van der Waals surface area contributed by atoms with Crippen molar-refractivity contribution in [3.63, 3.8) is 0 Å². The van der Waals surface area contributed by atoms with Gasteiger partial charge in [0.2, 0.25) is 0 Å². The van der Waals surface area contributed by atoms with E-state index in [9.17, 15) is 4.79 Å². The summed E-state index contributed by atoms with van der Waals surface area (Å²) in [7, 11) is 1.61. The van der Waals surface area contributed by atoms with Crippen molar-refractivity contribution in [2.45, 2.75) is 44.6 Å². The van der Waals surface area contributed by atoms with E-state index in [1.807, 2.05) is 0 Å². The summed E-state index contributed by atoms with van der Waals surface area (Å²) in [6, 6.07) is 5.73. The number of nitrogens with two attached hydrogens (primary N) is 1. The number of amides is 1. The van der Waals surface area contributed by atoms with Crippen molar-refractivity contribution in [1.29, 1.82) is 0 Å². The van der Waals surface area contributed by atoms with Crippen molar-refractivity contribution in [1.82, 2.24) is 4.90 Å². The van der Waals surface area contributed by atoms with Gasteiger partial charge >= 0.3 is 0 Å². The predicted molar refractivity (Wildman–Crippen MR) is 83.4 cm³/mol. The number of benzene rings is 1. The summed E-state index contributed by atoms with van der Waals surface area (Å²) < 4.78 is 5.23. The minimum absolute atomic E-state index is 0.0722. The molecule has 2 aliphatic rings. The Labute approximate surface area is 126 Å². The number of anilines is 1. The van der Waals surface area contributed by atoms with Gasteiger partial charge in [-0.2, -0.15) is 0 Å². The number of rotatable bonds is 2. The monoisotopic (exact) mass is 288 g/mol. The molecule has 1 aliphatic carbocycles. The lowest BCUT2D eigenvalue weighted by atomic mass is 9.78. The van der Waals surface area contributed by atoms with Crippen LogP contribution < -0.4 is 10.5 Å². The molecule has 21 heavy (non-hydrogen) atoms. The molecule has 1 aromatic rings. The number of carbonyl (C=O) groups excluding carboxylic acids is 1. The average molecular weight is 288 g/mol. The first-order valence-electron chi connectivity index (χ1n) is 7.95. The van der Waals surface area contributed by atoms with Crippen molar-refractivity contribution in [3.8, 4) is 5.75 Å². The lowest BCUT2D eigenvalue weighted by Gasteiger charge is -2.44. The SMILES string of the molecule is COc1ccc(N)c(C(=O)N2CCC[C@H]3CCCC[C@H]32)c1. The van der Waals surface area contributed by atoms with E-state index in [-0.39, 0.29) is 5.91 Å². The molecule has 3 rings (SSSR count). The number of methoxy groups -OCH3 is 1. The Morgan fingerprint density at radius 1 is 1.24 bits per heavy atom. The molecule has 2 atom stereocenters. The van der Waals surface area contributed by atoms with Gasteiger partial charge in [-0.15, -0.1) is 0 Å². The van der Waals surface area contributed by atoms with Gasteiger partial charge in [0.05, 0.1) is 12.7 Å². The second-order valence-corrected chi connectivity index (χ2v) is 6.21. The zero-order valence-electron chi connectivity index (χ0n) is 12.7. The summed E-state index contributed by atoms with van der Waals surface area (Å²) in [5, 5.41) is 0. The molecule has 4 nitrogen and oxygen atoms in total. The first-order valence-corrected chi connectivity index (χ1v) is 7.95. The molecule has 1 saturated heterocycles. The number of fused-ring (bicyclic) bond motifs is 1. The van der Waals surface area contributed by atoms with Crippen LogP contribution in [-0.4, -0.2) is 30.5 Å². The van der Waals surface area contributed by atoms with E-state index in [4.69, 9.17) is 10.5 Å². The van der Waals surface area contributed by atoms with E-state index in [1.165, 1.54) is 25.7 Å². The van der Waals surface area contributed by atoms with Crippen LogP contribution >= 0.6 is 0 Å². The van der Waals surface area contributed by atoms with E-state index in [0.717, 1.165) is 19.4 Å². The molecule has 114 valence electrons. The van der Waals surface area contributed by atoms with Gasteiger partial charge in [-0.1, -0.05) is 12.8 Å². The van der Waals surface area contributed by atoms with Crippen LogP contribution in [0, 0.1) is 5.92 Å². The number of hydrogen-bond acceptors (Lipinski definition) is 3. The average Bonchev–Trinajstić information content (AvgIpc) is 2.54. The second-order valence-electron chi connectivity index (χ2n) is 6.21. The normalized spacial score (nSPS) is 25.3. The third-order valence-electron chi connectivity index (χ3n) is 4.99. The van der Waals surface area contributed by atoms with Crippen LogP contribution in [0.4, 0.5) is 5.69 Å². The molecule has 1 heterocycles. The Kier molecular flexibility index (Phi) is 4.04. The van der Waals surface area contributed by atoms with Gasteiger partial charge in [0.15, 0.2) is 0 Å². The molecule has 1 saturated carbocycles. The maximum absolute atomic E-state index is 12.9. The Hall–Kier alpha value is -1.71. The fraction of sp³-hybridized carbons (Fsp3) is 0.588. The number of nitrogen functional groups attached to an aromatic ring is 1. The van der Waals surface area contributed by atoms with Crippen molar-refractivity contribution in [3.05, 3.63) is 23.8 Å². The smallest absolute Gasteiger partial charge is 0.256 e. The molecule has 0 bridgehead atoms. The molecule has 2 fully saturated rings. The molecule has 0 unspecified atom stereocenters. The molecule has 1 aliphatic heterocycles. The molecular weight excluding hydrogens is 264 g/mol. The number of piperidine rings is 1. The lowest BCUT2D eigenvalue weighted by Crippen LogP contribution is -2.49. The molecule has 0 spiro atoms. The van der Waals surface area contributed by atoms with Gasteiger partial charge < -0.3 is 15.4 Å². The number of ether oxygens (including phenoxy) is 1. The molecule has 1 amide bonds. The molecule has 4 heteroatoms. The van der Waals surface area contributed by atoms with Crippen LogP contribution in [0.15, 0.2) is 18.2 Å². The predicted octanol–water partition coefficient (Wildman–Crippen LogP) is 3.07. The standard InChI is InChI=1S/C17H24N2O2/c1-21-13-8-9-15(18)14(11-13)17(20)19-10-4-6-12-5-2-3-7-16(12)19/h8-9,11-12,16H,2-7,10,18H2,1H3/t12-,16-/m1/s1. The third-order valence-corrected chi connectivity index (χ3v) is 4.99. The number of nitrogens with zero attached hydrogens (tertiary/aromatic N) is 1. The summed E-state index contributed by atoms with van der Waals surface area (Å²) in [5.74, 6) is 1.44. The molecule has 2 N–H and O–H groups in total. The van der Waals surface area contributed by atoms with Gasteiger partial charge in [0.1, 0.15) is 5.75 Å². The molecule has 0 aromatic heterocycles. The molecular formula is C17H24N2O2. The van der Waals surface area contributed by atoms with E-state index in [2.05, 4.69) is 4.90 Å². The Balaban J connectivity index is 1.86. The maximum Gasteiger partial charge on any atom is 0.256 e. The van der Waals surface area contributed by atoms with Gasteiger partial charge in [0, 0.05) is 18.3 Å². The minimum Gasteiger partial charge on any atom is -0.497 e. The van der Waals surface area contributed by atoms with Crippen LogP contribution in [0.1, 0.15) is 48.9 Å². The number of likely N-dealkylation sites (tertiary alicyclic amines) is 1. The topological polar surface area (TPSA) is 55.6 Å². The third kappa shape index (κ3) is 2.71. The highest BCUT2D eigenvalue weighted by molar-refractivity contribution is 5.99. The highest BCUT2D eigenvalue weighted by Gasteiger charge is 2.36. The van der Waals surface area contributed by atoms with E-state index >= 15 is 0 Å². The Morgan fingerprint density at radius 2 is 2.00 bits per heavy atom. The fourth-order valence-corrected chi connectivity index (χ4v) is 3.88. The zero-order valence-corrected chi connectivity index (χ0v) is 12.7. The second kappa shape index (κ2) is 5.96. The quantitative estimate of drug-likeness (QED) is 0.851. The summed E-state index contributed by atoms with van der Waals surface area (Å²) in [5.41, 5.74) is 7.14. The zero-order chi connectivity index (χ0) is 14.8. The van der Waals surface area contributed by atoms with Crippen molar-refractivity contribution < 1.29 is 9.53 Å². The summed E-state index contributed by atoms with van der Waals surface area (Å²) in [6.45, 7) is 0.858. The van der Waals surface area contributed by atoms with Crippen LogP contribution in [0.3, 0.4) is 0 Å². The largest absolute Gasteiger partial charge is 0.497 e. The summed E-state index contributed by atoms with van der Waals surface area (Å²) in [6.07, 6.45) is 7.32. The Bertz CT molecular complexity index is 528. The van der Waals surface area contributed by atoms with Crippen molar-refractivity contribution in [2.24, 2.45) is 5.92 Å². The molecule has 0 radical (unpaired) electrons. The number of carbonyl (C=O) groups is 1. The van der Waals surface area contributed by atoms with Crippen molar-refractivity contribution in [2.75, 3.05) is 19.4 Å². The van der Waals surface area contributed by atoms with Gasteiger partial charge in [-0.05, 0) is 49.8 Å². The first-order chi connectivity index (χ1) is 10.2. The van der Waals surface area contributed by atoms with E-state index in [0.29, 0.717) is 29.0 Å². The Morgan fingerprint density at radius 3 is 2.81 bits per heavy atom. The van der Waals surface area contributed by atoms with Crippen molar-refractivity contribution >= 4 is 11.6 Å². The van der Waals surface area contributed by atoms with Gasteiger partial charge in [-0.25, -0.2) is 0 Å². The highest BCUT2D eigenvalue weighted by atomic mass is 16.5. The number of hydrogen-bond donors (Lipinski definition) is 1. The van der Waals surface area contributed by atoms with Gasteiger partial charge in [-0.3, -0.25) is 4.79 Å². The van der Waals surface area contributed by atoms with Crippen LogP contribution in [0.25, 0.3) is 0 Å². The van der Waals surface area contributed by atoms with E-state index in [1.54, 1.807) is 25.3 Å². The van der Waals surface area contributed by atoms with Crippen LogP contribution in [0.5, 0.6) is 5.75 Å².